The number of fused-ring (bicyclic) bond motifs is 1. The van der Waals surface area contributed by atoms with Gasteiger partial charge < -0.3 is 10.3 Å². The summed E-state index contributed by atoms with van der Waals surface area (Å²) in [7, 11) is 1.75. The average molecular weight is 393 g/mol. The number of amides is 1. The monoisotopic (exact) mass is 392 g/mol. The smallest absolute Gasteiger partial charge is 0.263 e. The van der Waals surface area contributed by atoms with Gasteiger partial charge in [-0.05, 0) is 63.2 Å². The van der Waals surface area contributed by atoms with Gasteiger partial charge in [0, 0.05) is 18.7 Å². The number of aromatic amines is 1. The third kappa shape index (κ3) is 4.06. The lowest BCUT2D eigenvalue weighted by atomic mass is 9.95. The number of carbonyl (C=O) groups is 1. The number of anilines is 1. The number of hydrogen-bond acceptors (Lipinski definition) is 5. The highest BCUT2D eigenvalue weighted by atomic mass is 35.5. The number of rotatable bonds is 3. The summed E-state index contributed by atoms with van der Waals surface area (Å²) >= 11 is 0. The first-order valence-corrected chi connectivity index (χ1v) is 9.30. The highest BCUT2D eigenvalue weighted by molar-refractivity contribution is 6.03. The van der Waals surface area contributed by atoms with Crippen molar-refractivity contribution >= 4 is 24.3 Å². The molecule has 3 heterocycles. The minimum Gasteiger partial charge on any atom is -0.325 e. The topological polar surface area (TPSA) is 105 Å². The number of halogens is 1. The van der Waals surface area contributed by atoms with Crippen molar-refractivity contribution in [2.24, 2.45) is 7.05 Å². The Balaban J connectivity index is 0.00000210. The maximum Gasteiger partial charge on any atom is 0.263 e. The number of aryl methyl sites for hydroxylation is 3. The fourth-order valence-corrected chi connectivity index (χ4v) is 3.78. The molecule has 4 rings (SSSR count). The van der Waals surface area contributed by atoms with Crippen LogP contribution in [0, 0.1) is 0 Å². The van der Waals surface area contributed by atoms with Crippen molar-refractivity contribution in [2.45, 2.75) is 44.4 Å². The van der Waals surface area contributed by atoms with E-state index in [-0.39, 0.29) is 23.5 Å². The Morgan fingerprint density at radius 1 is 1.26 bits per heavy atom. The van der Waals surface area contributed by atoms with Crippen molar-refractivity contribution < 1.29 is 4.79 Å². The molecule has 2 aromatic heterocycles. The molecule has 8 nitrogen and oxygen atoms in total. The molecule has 1 saturated heterocycles. The predicted octanol–water partition coefficient (Wildman–Crippen LogP) is 1.52. The number of hydrogen-bond donors (Lipinski definition) is 3. The van der Waals surface area contributed by atoms with Crippen LogP contribution in [-0.4, -0.2) is 38.7 Å². The van der Waals surface area contributed by atoms with Crippen LogP contribution in [0.2, 0.25) is 0 Å². The van der Waals surface area contributed by atoms with Gasteiger partial charge in [-0.1, -0.05) is 0 Å². The van der Waals surface area contributed by atoms with Crippen molar-refractivity contribution in [1.29, 1.82) is 0 Å². The van der Waals surface area contributed by atoms with Crippen LogP contribution in [0.3, 0.4) is 0 Å². The van der Waals surface area contributed by atoms with Gasteiger partial charge in [0.2, 0.25) is 5.95 Å². The highest BCUT2D eigenvalue weighted by Gasteiger charge is 2.23. The van der Waals surface area contributed by atoms with E-state index in [1.54, 1.807) is 17.8 Å². The first-order valence-electron chi connectivity index (χ1n) is 9.30. The molecular weight excluding hydrogens is 368 g/mol. The molecule has 0 unspecified atom stereocenters. The number of piperidine rings is 1. The second kappa shape index (κ2) is 8.22. The van der Waals surface area contributed by atoms with E-state index in [4.69, 9.17) is 0 Å². The third-order valence-corrected chi connectivity index (χ3v) is 5.29. The summed E-state index contributed by atoms with van der Waals surface area (Å²) in [6.45, 7) is 1.91. The number of nitrogens with one attached hydrogen (secondary N) is 3. The molecule has 0 saturated carbocycles. The zero-order valence-corrected chi connectivity index (χ0v) is 16.2. The first-order chi connectivity index (χ1) is 12.6. The van der Waals surface area contributed by atoms with Gasteiger partial charge in [0.05, 0.1) is 0 Å². The quantitative estimate of drug-likeness (QED) is 0.734. The molecule has 1 aliphatic carbocycles. The van der Waals surface area contributed by atoms with Crippen molar-refractivity contribution in [3.63, 3.8) is 0 Å². The molecule has 0 atom stereocenters. The summed E-state index contributed by atoms with van der Waals surface area (Å²) in [5.41, 5.74) is 1.82. The average Bonchev–Trinajstić information content (AvgIpc) is 3.02. The molecule has 27 heavy (non-hydrogen) atoms. The Hall–Kier alpha value is -2.19. The zero-order valence-electron chi connectivity index (χ0n) is 15.4. The fraction of sp³-hybridized carbons (Fsp3) is 0.556. The van der Waals surface area contributed by atoms with Crippen LogP contribution in [0.15, 0.2) is 10.9 Å². The summed E-state index contributed by atoms with van der Waals surface area (Å²) in [4.78, 5) is 32.3. The van der Waals surface area contributed by atoms with E-state index in [1.165, 1.54) is 0 Å². The van der Waals surface area contributed by atoms with Gasteiger partial charge >= 0.3 is 0 Å². The molecule has 0 spiro atoms. The lowest BCUT2D eigenvalue weighted by Crippen LogP contribution is -2.27. The Morgan fingerprint density at radius 3 is 2.78 bits per heavy atom. The third-order valence-electron chi connectivity index (χ3n) is 5.29. The van der Waals surface area contributed by atoms with Crippen molar-refractivity contribution in [2.75, 3.05) is 18.4 Å². The maximum absolute atomic E-state index is 12.6. The van der Waals surface area contributed by atoms with Crippen LogP contribution in [-0.2, 0) is 19.9 Å². The molecular formula is C18H25ClN6O2. The fourth-order valence-electron chi connectivity index (χ4n) is 3.78. The molecule has 2 aromatic rings. The van der Waals surface area contributed by atoms with Gasteiger partial charge in [-0.2, -0.15) is 10.1 Å². The molecule has 1 amide bonds. The van der Waals surface area contributed by atoms with Crippen LogP contribution in [0.5, 0.6) is 0 Å². The molecule has 0 bridgehead atoms. The van der Waals surface area contributed by atoms with E-state index in [0.717, 1.165) is 68.7 Å². The number of nitrogens with zero attached hydrogens (tertiary/aromatic N) is 3. The minimum atomic E-state index is -0.438. The summed E-state index contributed by atoms with van der Waals surface area (Å²) in [5, 5.41) is 10.5. The Bertz CT molecular complexity index is 884. The van der Waals surface area contributed by atoms with Gasteiger partial charge in [0.15, 0.2) is 5.82 Å². The van der Waals surface area contributed by atoms with Gasteiger partial charge in [-0.3, -0.25) is 14.9 Å². The SMILES string of the molecule is Cl.Cn1nc(C2CCNCC2)nc1NC(=O)c1cc2c([nH]c1=O)CCCC2. The van der Waals surface area contributed by atoms with Crippen LogP contribution in [0.1, 0.15) is 59.0 Å². The molecule has 0 aromatic carbocycles. The largest absolute Gasteiger partial charge is 0.325 e. The maximum atomic E-state index is 12.6. The van der Waals surface area contributed by atoms with E-state index < -0.39 is 5.91 Å². The van der Waals surface area contributed by atoms with Crippen molar-refractivity contribution in [3.8, 4) is 0 Å². The summed E-state index contributed by atoms with van der Waals surface area (Å²) in [5.74, 6) is 0.997. The van der Waals surface area contributed by atoms with E-state index >= 15 is 0 Å². The van der Waals surface area contributed by atoms with E-state index in [9.17, 15) is 9.59 Å². The number of pyridine rings is 1. The number of carbonyl (C=O) groups excluding carboxylic acids is 1. The van der Waals surface area contributed by atoms with E-state index in [2.05, 4.69) is 25.7 Å². The van der Waals surface area contributed by atoms with Crippen LogP contribution >= 0.6 is 12.4 Å². The van der Waals surface area contributed by atoms with Crippen LogP contribution in [0.4, 0.5) is 5.95 Å². The normalized spacial score (nSPS) is 17.1. The Labute approximate surface area is 163 Å². The summed E-state index contributed by atoms with van der Waals surface area (Å²) < 4.78 is 1.57. The van der Waals surface area contributed by atoms with Crippen molar-refractivity contribution in [3.05, 3.63) is 39.1 Å². The minimum absolute atomic E-state index is 0. The van der Waals surface area contributed by atoms with Gasteiger partial charge in [-0.25, -0.2) is 4.68 Å². The van der Waals surface area contributed by atoms with E-state index in [1.807, 2.05) is 0 Å². The number of aromatic nitrogens is 4. The standard InChI is InChI=1S/C18H24N6O2.ClH/c1-24-18(21-15(23-24)11-6-8-19-9-7-11)22-17(26)13-10-12-4-2-3-5-14(12)20-16(13)25;/h10-11,19H,2-9H2,1H3,(H,20,25)(H,21,22,23,26);1H. The van der Waals surface area contributed by atoms with Crippen LogP contribution in [0.25, 0.3) is 0 Å². The highest BCUT2D eigenvalue weighted by Crippen LogP contribution is 2.23. The molecule has 146 valence electrons. The Morgan fingerprint density at radius 2 is 2.00 bits per heavy atom. The first kappa shape index (κ1) is 19.6. The van der Waals surface area contributed by atoms with Crippen molar-refractivity contribution in [1.82, 2.24) is 25.1 Å². The van der Waals surface area contributed by atoms with Gasteiger partial charge in [-0.15, -0.1) is 12.4 Å². The molecule has 3 N–H and O–H groups in total. The lowest BCUT2D eigenvalue weighted by Gasteiger charge is -2.19. The van der Waals surface area contributed by atoms with Gasteiger partial charge in [0.25, 0.3) is 11.5 Å². The molecule has 2 aliphatic rings. The lowest BCUT2D eigenvalue weighted by molar-refractivity contribution is 0.102. The molecule has 0 radical (unpaired) electrons. The summed E-state index contributed by atoms with van der Waals surface area (Å²) in [6, 6.07) is 1.73. The zero-order chi connectivity index (χ0) is 18.1. The predicted molar refractivity (Wildman–Crippen MR) is 105 cm³/mol. The number of H-pyrrole nitrogens is 1. The molecule has 1 fully saturated rings. The molecule has 1 aliphatic heterocycles. The second-order valence-corrected chi connectivity index (χ2v) is 7.12. The van der Waals surface area contributed by atoms with E-state index in [0.29, 0.717) is 11.9 Å². The van der Waals surface area contributed by atoms with Crippen LogP contribution < -0.4 is 16.2 Å². The Kier molecular flexibility index (Phi) is 5.96. The second-order valence-electron chi connectivity index (χ2n) is 7.12. The summed E-state index contributed by atoms with van der Waals surface area (Å²) in [6.07, 6.45) is 5.91. The molecule has 9 heteroatoms. The van der Waals surface area contributed by atoms with Gasteiger partial charge in [0.1, 0.15) is 5.56 Å².